The van der Waals surface area contributed by atoms with E-state index in [0.29, 0.717) is 25.2 Å². The summed E-state index contributed by atoms with van der Waals surface area (Å²) in [7, 11) is 0. The lowest BCUT2D eigenvalue weighted by Gasteiger charge is -2.18. The Morgan fingerprint density at radius 2 is 2.11 bits per heavy atom. The summed E-state index contributed by atoms with van der Waals surface area (Å²) in [6.07, 6.45) is 7.32. The number of hydrogen-bond donors (Lipinski definition) is 0. The number of allylic oxidation sites excluding steroid dienone is 2. The Morgan fingerprint density at radius 3 is 2.72 bits per heavy atom. The van der Waals surface area contributed by atoms with Crippen LogP contribution < -0.4 is 0 Å². The Labute approximate surface area is 110 Å². The molecule has 3 atom stereocenters. The van der Waals surface area contributed by atoms with E-state index in [-0.39, 0.29) is 23.8 Å². The summed E-state index contributed by atoms with van der Waals surface area (Å²) in [5.74, 6) is 0.615. The molecule has 1 aliphatic carbocycles. The Hall–Kier alpha value is -1.12. The molecular weight excluding hydrogens is 228 g/mol. The number of esters is 1. The van der Waals surface area contributed by atoms with Crippen molar-refractivity contribution < 1.29 is 14.3 Å². The number of ketones is 1. The first-order valence-corrected chi connectivity index (χ1v) is 6.89. The van der Waals surface area contributed by atoms with Gasteiger partial charge in [0, 0.05) is 19.3 Å². The molecule has 0 aromatic heterocycles. The number of rotatable bonds is 6. The Bertz CT molecular complexity index is 320. The maximum Gasteiger partial charge on any atom is 0.306 e. The Balaban J connectivity index is 2.47. The minimum Gasteiger partial charge on any atom is -0.463 e. The minimum absolute atomic E-state index is 0.0245. The van der Waals surface area contributed by atoms with Crippen LogP contribution in [0.2, 0.25) is 0 Å². The van der Waals surface area contributed by atoms with Crippen molar-refractivity contribution in [2.24, 2.45) is 11.8 Å². The standard InChI is InChI=1S/C15H24O3/c1-4-6-7-12-8-14(16)9-13(12)10-15(17)18-11(3)5-2/h4,6,11-13H,5,7-10H2,1-3H3/b6-4-. The highest BCUT2D eigenvalue weighted by Crippen LogP contribution is 2.34. The second-order valence-corrected chi connectivity index (χ2v) is 5.18. The third-order valence-electron chi connectivity index (χ3n) is 3.66. The van der Waals surface area contributed by atoms with Gasteiger partial charge in [-0.1, -0.05) is 19.1 Å². The summed E-state index contributed by atoms with van der Waals surface area (Å²) >= 11 is 0. The van der Waals surface area contributed by atoms with E-state index in [4.69, 9.17) is 4.74 Å². The van der Waals surface area contributed by atoms with E-state index in [1.54, 1.807) is 0 Å². The lowest BCUT2D eigenvalue weighted by Crippen LogP contribution is -2.19. The smallest absolute Gasteiger partial charge is 0.306 e. The fourth-order valence-electron chi connectivity index (χ4n) is 2.40. The number of Topliss-reactive ketones (excluding diaryl/α,β-unsaturated/α-hetero) is 1. The van der Waals surface area contributed by atoms with Gasteiger partial charge in [0.2, 0.25) is 0 Å². The molecule has 1 rings (SSSR count). The second-order valence-electron chi connectivity index (χ2n) is 5.18. The van der Waals surface area contributed by atoms with Crippen LogP contribution in [0.1, 0.15) is 52.9 Å². The molecule has 0 amide bonds. The SMILES string of the molecule is C/C=C\CC1CC(=O)CC1CC(=O)OC(C)CC. The first kappa shape index (κ1) is 14.9. The van der Waals surface area contributed by atoms with Crippen molar-refractivity contribution in [1.82, 2.24) is 0 Å². The van der Waals surface area contributed by atoms with Crippen LogP contribution in [0.4, 0.5) is 0 Å². The van der Waals surface area contributed by atoms with Crippen LogP contribution in [0.3, 0.4) is 0 Å². The Kier molecular flexibility index (Phi) is 6.10. The molecule has 0 N–H and O–H groups in total. The molecule has 1 saturated carbocycles. The van der Waals surface area contributed by atoms with E-state index < -0.39 is 0 Å². The molecule has 1 fully saturated rings. The molecular formula is C15H24O3. The van der Waals surface area contributed by atoms with Gasteiger partial charge in [0.25, 0.3) is 0 Å². The summed E-state index contributed by atoms with van der Waals surface area (Å²) < 4.78 is 5.28. The van der Waals surface area contributed by atoms with Gasteiger partial charge < -0.3 is 4.74 Å². The molecule has 0 aromatic rings. The van der Waals surface area contributed by atoms with Gasteiger partial charge in [0.1, 0.15) is 5.78 Å². The average Bonchev–Trinajstić information content (AvgIpc) is 2.66. The molecule has 0 radical (unpaired) electrons. The third-order valence-corrected chi connectivity index (χ3v) is 3.66. The molecule has 0 aliphatic heterocycles. The highest BCUT2D eigenvalue weighted by molar-refractivity contribution is 5.82. The van der Waals surface area contributed by atoms with E-state index in [9.17, 15) is 9.59 Å². The zero-order chi connectivity index (χ0) is 13.5. The van der Waals surface area contributed by atoms with Gasteiger partial charge in [-0.25, -0.2) is 0 Å². The monoisotopic (exact) mass is 252 g/mol. The third kappa shape index (κ3) is 4.63. The molecule has 1 aliphatic rings. The van der Waals surface area contributed by atoms with Gasteiger partial charge in [-0.2, -0.15) is 0 Å². The van der Waals surface area contributed by atoms with E-state index in [1.165, 1.54) is 0 Å². The largest absolute Gasteiger partial charge is 0.463 e. The normalized spacial score (nSPS) is 25.6. The molecule has 0 spiro atoms. The molecule has 3 nitrogen and oxygen atoms in total. The summed E-state index contributed by atoms with van der Waals surface area (Å²) in [6.45, 7) is 5.86. The average molecular weight is 252 g/mol. The minimum atomic E-state index is -0.158. The quantitative estimate of drug-likeness (QED) is 0.538. The fourth-order valence-corrected chi connectivity index (χ4v) is 2.40. The zero-order valence-electron chi connectivity index (χ0n) is 11.6. The molecule has 0 bridgehead atoms. The number of carbonyl (C=O) groups excluding carboxylic acids is 2. The number of hydrogen-bond acceptors (Lipinski definition) is 3. The highest BCUT2D eigenvalue weighted by Gasteiger charge is 2.33. The van der Waals surface area contributed by atoms with Gasteiger partial charge in [0.15, 0.2) is 0 Å². The van der Waals surface area contributed by atoms with Crippen molar-refractivity contribution in [3.63, 3.8) is 0 Å². The number of ether oxygens (including phenoxy) is 1. The molecule has 3 unspecified atom stereocenters. The van der Waals surface area contributed by atoms with Gasteiger partial charge in [-0.15, -0.1) is 0 Å². The van der Waals surface area contributed by atoms with E-state index >= 15 is 0 Å². The van der Waals surface area contributed by atoms with Gasteiger partial charge in [-0.3, -0.25) is 9.59 Å². The van der Waals surface area contributed by atoms with E-state index in [1.807, 2.05) is 26.8 Å². The van der Waals surface area contributed by atoms with Crippen molar-refractivity contribution in [3.05, 3.63) is 12.2 Å². The van der Waals surface area contributed by atoms with Gasteiger partial charge in [-0.05, 0) is 38.5 Å². The maximum atomic E-state index is 11.7. The van der Waals surface area contributed by atoms with Crippen LogP contribution in [0.15, 0.2) is 12.2 Å². The Morgan fingerprint density at radius 1 is 1.44 bits per heavy atom. The van der Waals surface area contributed by atoms with Crippen LogP contribution in [-0.4, -0.2) is 17.9 Å². The van der Waals surface area contributed by atoms with Crippen molar-refractivity contribution >= 4 is 11.8 Å². The molecule has 0 heterocycles. The molecule has 3 heteroatoms. The van der Waals surface area contributed by atoms with E-state index in [2.05, 4.69) is 6.08 Å². The summed E-state index contributed by atoms with van der Waals surface area (Å²) in [5.41, 5.74) is 0. The second kappa shape index (κ2) is 7.34. The van der Waals surface area contributed by atoms with Crippen molar-refractivity contribution in [2.75, 3.05) is 0 Å². The predicted molar refractivity (Wildman–Crippen MR) is 71.1 cm³/mol. The lowest BCUT2D eigenvalue weighted by molar-refractivity contribution is -0.149. The van der Waals surface area contributed by atoms with Crippen molar-refractivity contribution in [2.45, 2.75) is 59.0 Å². The number of carbonyl (C=O) groups is 2. The van der Waals surface area contributed by atoms with Crippen molar-refractivity contribution in [1.29, 1.82) is 0 Å². The maximum absolute atomic E-state index is 11.7. The summed E-state index contributed by atoms with van der Waals surface area (Å²) in [6, 6.07) is 0. The van der Waals surface area contributed by atoms with Gasteiger partial charge >= 0.3 is 5.97 Å². The fraction of sp³-hybridized carbons (Fsp3) is 0.733. The van der Waals surface area contributed by atoms with Crippen LogP contribution in [0.25, 0.3) is 0 Å². The zero-order valence-corrected chi connectivity index (χ0v) is 11.6. The van der Waals surface area contributed by atoms with Crippen molar-refractivity contribution in [3.8, 4) is 0 Å². The first-order valence-electron chi connectivity index (χ1n) is 6.89. The van der Waals surface area contributed by atoms with Crippen LogP contribution in [0.5, 0.6) is 0 Å². The van der Waals surface area contributed by atoms with Gasteiger partial charge in [0.05, 0.1) is 6.10 Å². The van der Waals surface area contributed by atoms with Crippen LogP contribution >= 0.6 is 0 Å². The molecule has 102 valence electrons. The molecule has 0 aromatic carbocycles. The lowest BCUT2D eigenvalue weighted by atomic mass is 9.90. The first-order chi connectivity index (χ1) is 8.56. The van der Waals surface area contributed by atoms with E-state index in [0.717, 1.165) is 12.8 Å². The summed E-state index contributed by atoms with van der Waals surface area (Å²) in [4.78, 5) is 23.3. The summed E-state index contributed by atoms with van der Waals surface area (Å²) in [5, 5.41) is 0. The topological polar surface area (TPSA) is 43.4 Å². The molecule has 0 saturated heterocycles. The molecule has 18 heavy (non-hydrogen) atoms. The van der Waals surface area contributed by atoms with Crippen LogP contribution in [-0.2, 0) is 14.3 Å². The highest BCUT2D eigenvalue weighted by atomic mass is 16.5. The predicted octanol–water partition coefficient (Wildman–Crippen LogP) is 3.28. The van der Waals surface area contributed by atoms with Crippen LogP contribution in [0, 0.1) is 11.8 Å².